The molecule has 21 heavy (non-hydrogen) atoms. The van der Waals surface area contributed by atoms with E-state index in [0.717, 1.165) is 28.9 Å². The highest BCUT2D eigenvalue weighted by molar-refractivity contribution is 9.10. The van der Waals surface area contributed by atoms with Crippen molar-refractivity contribution in [3.63, 3.8) is 0 Å². The van der Waals surface area contributed by atoms with E-state index in [1.807, 2.05) is 6.07 Å². The minimum atomic E-state index is -0.141. The number of hydrogen-bond donors (Lipinski definition) is 1. The van der Waals surface area contributed by atoms with E-state index in [1.54, 1.807) is 6.07 Å². The van der Waals surface area contributed by atoms with Gasteiger partial charge in [0.05, 0.1) is 0 Å². The summed E-state index contributed by atoms with van der Waals surface area (Å²) in [5.41, 5.74) is 1.08. The average molecular weight is 356 g/mol. The first-order chi connectivity index (χ1) is 10.2. The quantitative estimate of drug-likeness (QED) is 0.667. The fraction of sp³-hybridized carbons (Fsp3) is 0.667. The number of nitrogens with one attached hydrogen (secondary N) is 1. The maximum Gasteiger partial charge on any atom is 0.123 e. The Morgan fingerprint density at radius 2 is 1.95 bits per heavy atom. The third kappa shape index (κ3) is 5.71. The SMILES string of the molecule is CCNC(Cc1cc(F)ccc1Br)CC1CCCCCC1. The predicted molar refractivity (Wildman–Crippen MR) is 91.1 cm³/mol. The van der Waals surface area contributed by atoms with E-state index < -0.39 is 0 Å². The summed E-state index contributed by atoms with van der Waals surface area (Å²) < 4.78 is 14.5. The Bertz CT molecular complexity index is 427. The summed E-state index contributed by atoms with van der Waals surface area (Å²) in [6.07, 6.45) is 10.4. The van der Waals surface area contributed by atoms with Gasteiger partial charge in [-0.05, 0) is 49.1 Å². The first-order valence-corrected chi connectivity index (χ1v) is 9.15. The van der Waals surface area contributed by atoms with Gasteiger partial charge in [-0.1, -0.05) is 61.4 Å². The lowest BCUT2D eigenvalue weighted by Crippen LogP contribution is -2.33. The number of rotatable bonds is 6. The largest absolute Gasteiger partial charge is 0.314 e. The second-order valence-corrected chi connectivity index (χ2v) is 7.14. The van der Waals surface area contributed by atoms with Gasteiger partial charge in [0.2, 0.25) is 0 Å². The van der Waals surface area contributed by atoms with Crippen molar-refractivity contribution in [3.8, 4) is 0 Å². The van der Waals surface area contributed by atoms with Gasteiger partial charge < -0.3 is 5.32 Å². The summed E-state index contributed by atoms with van der Waals surface area (Å²) in [6, 6.07) is 5.46. The Morgan fingerprint density at radius 1 is 1.24 bits per heavy atom. The van der Waals surface area contributed by atoms with Crippen molar-refractivity contribution < 1.29 is 4.39 Å². The van der Waals surface area contributed by atoms with E-state index in [4.69, 9.17) is 0 Å². The van der Waals surface area contributed by atoms with E-state index in [9.17, 15) is 4.39 Å². The topological polar surface area (TPSA) is 12.0 Å². The van der Waals surface area contributed by atoms with Crippen molar-refractivity contribution in [3.05, 3.63) is 34.1 Å². The zero-order valence-electron chi connectivity index (χ0n) is 13.0. The Balaban J connectivity index is 1.98. The molecule has 0 aliphatic heterocycles. The molecular formula is C18H27BrFN. The van der Waals surface area contributed by atoms with Crippen molar-refractivity contribution in [1.82, 2.24) is 5.32 Å². The lowest BCUT2D eigenvalue weighted by molar-refractivity contribution is 0.352. The van der Waals surface area contributed by atoms with Crippen LogP contribution in [0.2, 0.25) is 0 Å². The molecule has 1 N–H and O–H groups in total. The molecule has 1 unspecified atom stereocenters. The van der Waals surface area contributed by atoms with Crippen LogP contribution in [0.1, 0.15) is 57.4 Å². The van der Waals surface area contributed by atoms with E-state index in [-0.39, 0.29) is 5.82 Å². The van der Waals surface area contributed by atoms with Crippen LogP contribution >= 0.6 is 15.9 Å². The predicted octanol–water partition coefficient (Wildman–Crippen LogP) is 5.47. The van der Waals surface area contributed by atoms with Gasteiger partial charge in [-0.25, -0.2) is 4.39 Å². The minimum absolute atomic E-state index is 0.141. The minimum Gasteiger partial charge on any atom is -0.314 e. The molecule has 1 aromatic rings. The molecule has 1 saturated carbocycles. The summed E-state index contributed by atoms with van der Waals surface area (Å²) in [7, 11) is 0. The molecule has 118 valence electrons. The summed E-state index contributed by atoms with van der Waals surface area (Å²) in [4.78, 5) is 0. The molecule has 0 aromatic heterocycles. The van der Waals surface area contributed by atoms with Crippen LogP contribution in [0.5, 0.6) is 0 Å². The zero-order valence-corrected chi connectivity index (χ0v) is 14.6. The number of hydrogen-bond acceptors (Lipinski definition) is 1. The van der Waals surface area contributed by atoms with Crippen LogP contribution < -0.4 is 5.32 Å². The molecule has 1 aliphatic rings. The normalized spacial score (nSPS) is 18.4. The van der Waals surface area contributed by atoms with Crippen LogP contribution in [0, 0.1) is 11.7 Å². The molecule has 0 saturated heterocycles. The Kier molecular flexibility index (Phi) is 7.18. The molecule has 0 heterocycles. The van der Waals surface area contributed by atoms with Crippen LogP contribution in [-0.4, -0.2) is 12.6 Å². The maximum atomic E-state index is 13.5. The molecule has 0 amide bonds. The summed E-state index contributed by atoms with van der Waals surface area (Å²) >= 11 is 3.55. The molecule has 2 rings (SSSR count). The molecule has 1 fully saturated rings. The van der Waals surface area contributed by atoms with Crippen molar-refractivity contribution in [1.29, 1.82) is 0 Å². The molecule has 1 aromatic carbocycles. The fourth-order valence-corrected chi connectivity index (χ4v) is 3.90. The molecule has 3 heteroatoms. The molecular weight excluding hydrogens is 329 g/mol. The van der Waals surface area contributed by atoms with Gasteiger partial charge in [-0.2, -0.15) is 0 Å². The highest BCUT2D eigenvalue weighted by Gasteiger charge is 2.19. The van der Waals surface area contributed by atoms with Gasteiger partial charge in [0.25, 0.3) is 0 Å². The first-order valence-electron chi connectivity index (χ1n) is 8.36. The molecule has 1 nitrogen and oxygen atoms in total. The highest BCUT2D eigenvalue weighted by Crippen LogP contribution is 2.28. The van der Waals surface area contributed by atoms with Crippen LogP contribution in [0.3, 0.4) is 0 Å². The second kappa shape index (κ2) is 8.89. The van der Waals surface area contributed by atoms with Crippen LogP contribution in [-0.2, 0) is 6.42 Å². The Labute approximate surface area is 136 Å². The number of halogens is 2. The van der Waals surface area contributed by atoms with Gasteiger partial charge in [0.15, 0.2) is 0 Å². The summed E-state index contributed by atoms with van der Waals surface area (Å²) in [6.45, 7) is 3.13. The van der Waals surface area contributed by atoms with Gasteiger partial charge in [0.1, 0.15) is 5.82 Å². The molecule has 0 radical (unpaired) electrons. The van der Waals surface area contributed by atoms with E-state index in [2.05, 4.69) is 28.2 Å². The molecule has 1 aliphatic carbocycles. The molecule has 1 atom stereocenters. The molecule has 0 spiro atoms. The number of benzene rings is 1. The third-order valence-electron chi connectivity index (χ3n) is 4.56. The summed E-state index contributed by atoms with van der Waals surface area (Å²) in [5.74, 6) is 0.696. The van der Waals surface area contributed by atoms with Crippen LogP contribution in [0.15, 0.2) is 22.7 Å². The van der Waals surface area contributed by atoms with Crippen molar-refractivity contribution >= 4 is 15.9 Å². The Hall–Kier alpha value is -0.410. The van der Waals surface area contributed by atoms with E-state index >= 15 is 0 Å². The van der Waals surface area contributed by atoms with Crippen molar-refractivity contribution in [2.75, 3.05) is 6.54 Å². The first kappa shape index (κ1) is 17.0. The third-order valence-corrected chi connectivity index (χ3v) is 5.33. The van der Waals surface area contributed by atoms with Crippen molar-refractivity contribution in [2.45, 2.75) is 64.3 Å². The average Bonchev–Trinajstić information content (AvgIpc) is 2.72. The standard InChI is InChI=1S/C18H27BrFN/c1-2-21-17(11-14-7-5-3-4-6-8-14)13-15-12-16(20)9-10-18(15)19/h9-10,12,14,17,21H,2-8,11,13H2,1H3. The summed E-state index contributed by atoms with van der Waals surface area (Å²) in [5, 5.41) is 3.60. The van der Waals surface area contributed by atoms with Gasteiger partial charge in [0, 0.05) is 10.5 Å². The maximum absolute atomic E-state index is 13.5. The van der Waals surface area contributed by atoms with Crippen molar-refractivity contribution in [2.24, 2.45) is 5.92 Å². The Morgan fingerprint density at radius 3 is 2.62 bits per heavy atom. The lowest BCUT2D eigenvalue weighted by atomic mass is 9.90. The monoisotopic (exact) mass is 355 g/mol. The molecule has 0 bridgehead atoms. The highest BCUT2D eigenvalue weighted by atomic mass is 79.9. The second-order valence-electron chi connectivity index (χ2n) is 6.29. The lowest BCUT2D eigenvalue weighted by Gasteiger charge is -2.24. The van der Waals surface area contributed by atoms with E-state index in [0.29, 0.717) is 6.04 Å². The smallest absolute Gasteiger partial charge is 0.123 e. The number of likely N-dealkylation sites (N-methyl/N-ethyl adjacent to an activating group) is 1. The van der Waals surface area contributed by atoms with Gasteiger partial charge in [-0.15, -0.1) is 0 Å². The van der Waals surface area contributed by atoms with E-state index in [1.165, 1.54) is 51.0 Å². The van der Waals surface area contributed by atoms with Gasteiger partial charge >= 0.3 is 0 Å². The fourth-order valence-electron chi connectivity index (χ4n) is 3.49. The van der Waals surface area contributed by atoms with Crippen LogP contribution in [0.4, 0.5) is 4.39 Å². The van der Waals surface area contributed by atoms with Gasteiger partial charge in [-0.3, -0.25) is 0 Å². The van der Waals surface area contributed by atoms with Crippen LogP contribution in [0.25, 0.3) is 0 Å². The zero-order chi connectivity index (χ0) is 15.1.